The molecule has 11 heteroatoms. The number of nitro groups is 1. The van der Waals surface area contributed by atoms with Gasteiger partial charge in [0, 0.05) is 5.56 Å². The molecule has 0 unspecified atom stereocenters. The minimum Gasteiger partial charge on any atom is -0.496 e. The zero-order valence-electron chi connectivity index (χ0n) is 16.4. The number of carbonyl (C=O) groups excluding carboxylic acids is 1. The Labute approximate surface area is 182 Å². The number of aromatic nitrogens is 2. The summed E-state index contributed by atoms with van der Waals surface area (Å²) in [6, 6.07) is 12.5. The second-order valence-electron chi connectivity index (χ2n) is 6.24. The fourth-order valence-corrected chi connectivity index (χ4v) is 2.79. The fourth-order valence-electron chi connectivity index (χ4n) is 2.60. The van der Waals surface area contributed by atoms with Crippen molar-refractivity contribution in [2.24, 2.45) is 5.10 Å². The summed E-state index contributed by atoms with van der Waals surface area (Å²) in [6.45, 7) is 0.0176. The van der Waals surface area contributed by atoms with Gasteiger partial charge in [-0.25, -0.2) is 5.43 Å². The first-order valence-electron chi connectivity index (χ1n) is 8.99. The van der Waals surface area contributed by atoms with Crippen LogP contribution in [0.15, 0.2) is 60.0 Å². The number of hydrazone groups is 1. The molecular formula is C20H18ClN5O5. The van der Waals surface area contributed by atoms with Gasteiger partial charge in [0.1, 0.15) is 37.0 Å². The van der Waals surface area contributed by atoms with Crippen LogP contribution in [0.2, 0.25) is 5.02 Å². The molecule has 0 aliphatic heterocycles. The van der Waals surface area contributed by atoms with Crippen LogP contribution in [0.25, 0.3) is 0 Å². The van der Waals surface area contributed by atoms with Gasteiger partial charge in [0.2, 0.25) is 0 Å². The molecular weight excluding hydrogens is 426 g/mol. The van der Waals surface area contributed by atoms with E-state index in [-0.39, 0.29) is 18.8 Å². The van der Waals surface area contributed by atoms with Crippen LogP contribution in [0.4, 0.5) is 5.69 Å². The van der Waals surface area contributed by atoms with Gasteiger partial charge in [-0.1, -0.05) is 23.7 Å². The molecule has 1 amide bonds. The van der Waals surface area contributed by atoms with E-state index >= 15 is 0 Å². The van der Waals surface area contributed by atoms with Crippen LogP contribution in [0, 0.1) is 10.1 Å². The van der Waals surface area contributed by atoms with Crippen LogP contribution in [0.3, 0.4) is 0 Å². The van der Waals surface area contributed by atoms with Crippen LogP contribution >= 0.6 is 11.6 Å². The number of nitrogens with zero attached hydrogens (tertiary/aromatic N) is 4. The van der Waals surface area contributed by atoms with Crippen molar-refractivity contribution in [3.05, 3.63) is 81.1 Å². The molecule has 0 bridgehead atoms. The van der Waals surface area contributed by atoms with Gasteiger partial charge in [0.05, 0.1) is 23.3 Å². The molecule has 160 valence electrons. The van der Waals surface area contributed by atoms with Crippen LogP contribution < -0.4 is 14.9 Å². The highest BCUT2D eigenvalue weighted by molar-refractivity contribution is 6.32. The molecule has 0 aliphatic rings. The lowest BCUT2D eigenvalue weighted by Crippen LogP contribution is -2.23. The zero-order valence-corrected chi connectivity index (χ0v) is 17.2. The Morgan fingerprint density at radius 1 is 1.32 bits per heavy atom. The van der Waals surface area contributed by atoms with E-state index in [1.54, 1.807) is 31.4 Å². The quantitative estimate of drug-likeness (QED) is 0.308. The normalized spacial score (nSPS) is 10.8. The minimum atomic E-state index is -0.587. The molecule has 3 rings (SSSR count). The summed E-state index contributed by atoms with van der Waals surface area (Å²) < 4.78 is 12.3. The topological polar surface area (TPSA) is 121 Å². The maximum atomic E-state index is 11.9. The van der Waals surface area contributed by atoms with Gasteiger partial charge >= 0.3 is 5.69 Å². The monoisotopic (exact) mass is 443 g/mol. The molecule has 3 aromatic rings. The lowest BCUT2D eigenvalue weighted by Gasteiger charge is -2.12. The molecule has 31 heavy (non-hydrogen) atoms. The van der Waals surface area contributed by atoms with Gasteiger partial charge in [-0.3, -0.25) is 19.6 Å². The van der Waals surface area contributed by atoms with Crippen molar-refractivity contribution in [3.63, 3.8) is 0 Å². The Hall–Kier alpha value is -3.92. The van der Waals surface area contributed by atoms with E-state index in [0.29, 0.717) is 22.1 Å². The maximum absolute atomic E-state index is 11.9. The molecule has 0 fully saturated rings. The molecule has 0 atom stereocenters. The summed E-state index contributed by atoms with van der Waals surface area (Å²) in [5, 5.41) is 18.8. The summed E-state index contributed by atoms with van der Waals surface area (Å²) in [7, 11) is 1.56. The van der Waals surface area contributed by atoms with Gasteiger partial charge < -0.3 is 9.47 Å². The average Bonchev–Trinajstić information content (AvgIpc) is 3.22. The molecule has 1 heterocycles. The van der Waals surface area contributed by atoms with E-state index in [2.05, 4.69) is 15.6 Å². The van der Waals surface area contributed by atoms with E-state index in [9.17, 15) is 14.9 Å². The van der Waals surface area contributed by atoms with Gasteiger partial charge in [-0.2, -0.15) is 10.2 Å². The number of para-hydroxylation sites is 1. The molecule has 0 aliphatic carbocycles. The van der Waals surface area contributed by atoms with Crippen LogP contribution in [-0.2, 0) is 17.9 Å². The number of benzene rings is 2. The molecule has 1 N–H and O–H groups in total. The number of methoxy groups -OCH3 is 1. The van der Waals surface area contributed by atoms with Crippen molar-refractivity contribution in [2.45, 2.75) is 13.2 Å². The molecule has 0 radical (unpaired) electrons. The van der Waals surface area contributed by atoms with Crippen molar-refractivity contribution in [1.82, 2.24) is 15.2 Å². The lowest BCUT2D eigenvalue weighted by atomic mass is 10.1. The molecule has 0 spiro atoms. The van der Waals surface area contributed by atoms with Gasteiger partial charge in [0.25, 0.3) is 5.91 Å². The van der Waals surface area contributed by atoms with Crippen LogP contribution in [0.5, 0.6) is 11.5 Å². The van der Waals surface area contributed by atoms with Crippen LogP contribution in [0.1, 0.15) is 11.1 Å². The van der Waals surface area contributed by atoms with Gasteiger partial charge in [0.15, 0.2) is 0 Å². The minimum absolute atomic E-state index is 0.193. The summed E-state index contributed by atoms with van der Waals surface area (Å²) >= 11 is 6.11. The van der Waals surface area contributed by atoms with E-state index in [0.717, 1.165) is 22.6 Å². The third-order valence-corrected chi connectivity index (χ3v) is 4.38. The number of hydrogen-bond donors (Lipinski definition) is 1. The highest BCUT2D eigenvalue weighted by Gasteiger charge is 2.11. The Morgan fingerprint density at radius 2 is 2.13 bits per heavy atom. The van der Waals surface area contributed by atoms with Crippen molar-refractivity contribution in [1.29, 1.82) is 0 Å². The van der Waals surface area contributed by atoms with Gasteiger partial charge in [-0.05, 0) is 35.9 Å². The average molecular weight is 444 g/mol. The summed E-state index contributed by atoms with van der Waals surface area (Å²) in [5.74, 6) is 0.704. The third kappa shape index (κ3) is 6.03. The molecule has 0 saturated carbocycles. The van der Waals surface area contributed by atoms with Crippen molar-refractivity contribution >= 4 is 29.4 Å². The Balaban J connectivity index is 1.60. The Morgan fingerprint density at radius 3 is 2.84 bits per heavy atom. The smallest absolute Gasteiger partial charge is 0.307 e. The molecule has 0 saturated heterocycles. The number of halogens is 1. The summed E-state index contributed by atoms with van der Waals surface area (Å²) in [5.41, 5.74) is 3.63. The summed E-state index contributed by atoms with van der Waals surface area (Å²) in [4.78, 5) is 22.0. The third-order valence-electron chi connectivity index (χ3n) is 4.06. The van der Waals surface area contributed by atoms with E-state index in [1.807, 2.05) is 18.2 Å². The van der Waals surface area contributed by atoms with Gasteiger partial charge in [-0.15, -0.1) is 0 Å². The second-order valence-corrected chi connectivity index (χ2v) is 6.64. The second kappa shape index (κ2) is 10.2. The number of carbonyl (C=O) groups is 1. The van der Waals surface area contributed by atoms with E-state index in [1.165, 1.54) is 6.21 Å². The predicted octanol–water partition coefficient (Wildman–Crippen LogP) is 3.18. The first-order valence-corrected chi connectivity index (χ1v) is 9.37. The number of amides is 1. The van der Waals surface area contributed by atoms with Crippen molar-refractivity contribution < 1.29 is 19.2 Å². The molecule has 10 nitrogen and oxygen atoms in total. The first kappa shape index (κ1) is 21.8. The zero-order chi connectivity index (χ0) is 22.2. The predicted molar refractivity (Wildman–Crippen MR) is 113 cm³/mol. The Bertz CT molecular complexity index is 1110. The highest BCUT2D eigenvalue weighted by atomic mass is 35.5. The standard InChI is InChI=1S/C20H18ClN5O5/c1-30-18-7-6-14(8-15(18)13-31-19-5-3-2-4-17(19)21)9-22-24-20(27)12-25-11-16(10-23-25)26(28)29/h2-11H,12-13H2,1H3,(H,24,27). The highest BCUT2D eigenvalue weighted by Crippen LogP contribution is 2.26. The van der Waals surface area contributed by atoms with Crippen LogP contribution in [-0.4, -0.2) is 33.9 Å². The molecule has 2 aromatic carbocycles. The SMILES string of the molecule is COc1ccc(C=NNC(=O)Cn2cc([N+](=O)[O-])cn2)cc1COc1ccccc1Cl. The number of nitrogens with one attached hydrogen (secondary N) is 1. The van der Waals surface area contributed by atoms with Crippen molar-refractivity contribution in [3.8, 4) is 11.5 Å². The lowest BCUT2D eigenvalue weighted by molar-refractivity contribution is -0.385. The van der Waals surface area contributed by atoms with E-state index < -0.39 is 10.8 Å². The molecule has 1 aromatic heterocycles. The number of hydrogen-bond acceptors (Lipinski definition) is 7. The first-order chi connectivity index (χ1) is 15.0. The van der Waals surface area contributed by atoms with E-state index in [4.69, 9.17) is 21.1 Å². The number of rotatable bonds is 9. The summed E-state index contributed by atoms with van der Waals surface area (Å²) in [6.07, 6.45) is 3.69. The fraction of sp³-hybridized carbons (Fsp3) is 0.150. The Kier molecular flexibility index (Phi) is 7.17. The maximum Gasteiger partial charge on any atom is 0.307 e. The van der Waals surface area contributed by atoms with Crippen molar-refractivity contribution in [2.75, 3.05) is 7.11 Å². The number of ether oxygens (including phenoxy) is 2. The largest absolute Gasteiger partial charge is 0.496 e.